The molecule has 60 valence electrons. The van der Waals surface area contributed by atoms with Gasteiger partial charge in [0.2, 0.25) is 10.0 Å². The van der Waals surface area contributed by atoms with Crippen molar-refractivity contribution in [3.05, 3.63) is 0 Å². The minimum atomic E-state index is -2.95. The van der Waals surface area contributed by atoms with Crippen LogP contribution in [0.15, 0.2) is 0 Å². The third-order valence-electron chi connectivity index (χ3n) is 1.54. The van der Waals surface area contributed by atoms with Crippen molar-refractivity contribution < 1.29 is 8.42 Å². The third kappa shape index (κ3) is 1.47. The largest absolute Gasteiger partial charge is 0.306 e. The van der Waals surface area contributed by atoms with E-state index < -0.39 is 10.0 Å². The topological polar surface area (TPSA) is 49.4 Å². The lowest BCUT2D eigenvalue weighted by Gasteiger charge is -2.29. The lowest BCUT2D eigenvalue weighted by molar-refractivity contribution is 0.308. The van der Waals surface area contributed by atoms with Crippen molar-refractivity contribution in [1.29, 1.82) is 0 Å². The van der Waals surface area contributed by atoms with E-state index in [1.165, 1.54) is 4.31 Å². The Morgan fingerprint density at radius 3 is 2.40 bits per heavy atom. The molecule has 0 bridgehead atoms. The maximum atomic E-state index is 11.1. The fourth-order valence-electron chi connectivity index (χ4n) is 0.839. The Balaban J connectivity index is 2.50. The molecule has 1 fully saturated rings. The van der Waals surface area contributed by atoms with Gasteiger partial charge < -0.3 is 5.32 Å². The number of rotatable bonds is 3. The van der Waals surface area contributed by atoms with Crippen LogP contribution in [0.5, 0.6) is 0 Å². The Morgan fingerprint density at radius 2 is 2.10 bits per heavy atom. The van der Waals surface area contributed by atoms with Crippen molar-refractivity contribution in [3.8, 4) is 0 Å². The van der Waals surface area contributed by atoms with E-state index in [9.17, 15) is 8.42 Å². The molecule has 0 saturated carbocycles. The monoisotopic (exact) mass is 164 g/mol. The number of nitrogens with zero attached hydrogens (tertiary/aromatic N) is 1. The second-order valence-corrected chi connectivity index (χ2v) is 4.33. The van der Waals surface area contributed by atoms with E-state index >= 15 is 0 Å². The molecule has 0 unspecified atom stereocenters. The average Bonchev–Trinajstić information content (AvgIpc) is 1.56. The van der Waals surface area contributed by atoms with Gasteiger partial charge in [-0.3, -0.25) is 0 Å². The number of hydrogen-bond donors (Lipinski definition) is 1. The van der Waals surface area contributed by atoms with Crippen LogP contribution < -0.4 is 5.32 Å². The molecule has 1 heterocycles. The lowest BCUT2D eigenvalue weighted by Crippen LogP contribution is -2.45. The van der Waals surface area contributed by atoms with Gasteiger partial charge in [-0.25, -0.2) is 12.7 Å². The van der Waals surface area contributed by atoms with Crippen LogP contribution >= 0.6 is 0 Å². The molecule has 1 N–H and O–H groups in total. The van der Waals surface area contributed by atoms with Crippen LogP contribution in [-0.4, -0.2) is 38.7 Å². The summed E-state index contributed by atoms with van der Waals surface area (Å²) in [5.41, 5.74) is 0. The van der Waals surface area contributed by atoms with E-state index in [0.29, 0.717) is 13.1 Å². The third-order valence-corrected chi connectivity index (χ3v) is 3.34. The summed E-state index contributed by atoms with van der Waals surface area (Å²) >= 11 is 0. The summed E-state index contributed by atoms with van der Waals surface area (Å²) in [6.07, 6.45) is 1.00. The summed E-state index contributed by atoms with van der Waals surface area (Å²) in [5.74, 6) is 0.0625. The molecule has 0 aromatic rings. The number of hydrogen-bond acceptors (Lipinski definition) is 3. The zero-order valence-electron chi connectivity index (χ0n) is 6.00. The van der Waals surface area contributed by atoms with E-state index in [-0.39, 0.29) is 5.88 Å². The van der Waals surface area contributed by atoms with Crippen LogP contribution in [0, 0.1) is 0 Å². The van der Waals surface area contributed by atoms with Crippen LogP contribution in [0.25, 0.3) is 0 Å². The van der Waals surface area contributed by atoms with E-state index in [2.05, 4.69) is 5.32 Å². The summed E-state index contributed by atoms with van der Waals surface area (Å²) in [5, 5.41) is 2.63. The van der Waals surface area contributed by atoms with E-state index in [0.717, 1.165) is 6.42 Å². The molecule has 1 aliphatic heterocycles. The molecule has 0 aromatic carbocycles. The van der Waals surface area contributed by atoms with Gasteiger partial charge in [0.1, 0.15) is 5.88 Å². The van der Waals surface area contributed by atoms with Crippen LogP contribution in [-0.2, 0) is 10.0 Å². The Bertz CT molecular complexity index is 196. The van der Waals surface area contributed by atoms with Gasteiger partial charge in [0.25, 0.3) is 0 Å². The molecule has 0 amide bonds. The van der Waals surface area contributed by atoms with Crippen molar-refractivity contribution in [3.63, 3.8) is 0 Å². The minimum Gasteiger partial charge on any atom is -0.306 e. The molecule has 0 spiro atoms. The van der Waals surface area contributed by atoms with Crippen molar-refractivity contribution in [2.45, 2.75) is 6.42 Å². The normalized spacial score (nSPS) is 20.5. The van der Waals surface area contributed by atoms with Crippen LogP contribution in [0.3, 0.4) is 0 Å². The van der Waals surface area contributed by atoms with Gasteiger partial charge in [-0.1, -0.05) is 0 Å². The Morgan fingerprint density at radius 1 is 1.50 bits per heavy atom. The molecule has 1 rings (SSSR count). The first-order valence-electron chi connectivity index (χ1n) is 3.29. The quantitative estimate of drug-likeness (QED) is 0.594. The molecule has 0 atom stereocenters. The fraction of sp³-hybridized carbons (Fsp3) is 1.00. The Kier molecular flexibility index (Phi) is 2.28. The second kappa shape index (κ2) is 2.86. The molecular formula is C5H12N2O2S. The standard InChI is InChI=1S/C5H12N2O2S/c1-6-5-10(8,9)7-3-2-4-7/h6H,2-5H2,1H3. The van der Waals surface area contributed by atoms with Crippen molar-refractivity contribution >= 4 is 10.0 Å². The molecule has 10 heavy (non-hydrogen) atoms. The van der Waals surface area contributed by atoms with Gasteiger partial charge >= 0.3 is 0 Å². The second-order valence-electron chi connectivity index (χ2n) is 2.36. The summed E-state index contributed by atoms with van der Waals surface area (Å²) < 4.78 is 23.6. The van der Waals surface area contributed by atoms with Gasteiger partial charge in [0.05, 0.1) is 0 Å². The number of sulfonamides is 1. The first-order chi connectivity index (χ1) is 4.67. The van der Waals surface area contributed by atoms with Crippen molar-refractivity contribution in [1.82, 2.24) is 9.62 Å². The highest BCUT2D eigenvalue weighted by Gasteiger charge is 2.26. The van der Waals surface area contributed by atoms with Crippen LogP contribution in [0.2, 0.25) is 0 Å². The summed E-state index contributed by atoms with van der Waals surface area (Å²) in [6.45, 7) is 1.40. The first-order valence-corrected chi connectivity index (χ1v) is 4.90. The molecule has 1 saturated heterocycles. The zero-order chi connectivity index (χ0) is 7.61. The molecular weight excluding hydrogens is 152 g/mol. The highest BCUT2D eigenvalue weighted by molar-refractivity contribution is 7.89. The highest BCUT2D eigenvalue weighted by atomic mass is 32.2. The lowest BCUT2D eigenvalue weighted by atomic mass is 10.3. The van der Waals surface area contributed by atoms with Crippen molar-refractivity contribution in [2.24, 2.45) is 0 Å². The number of nitrogens with one attached hydrogen (secondary N) is 1. The summed E-state index contributed by atoms with van der Waals surface area (Å²) in [7, 11) is -1.32. The van der Waals surface area contributed by atoms with Gasteiger partial charge in [0.15, 0.2) is 0 Å². The SMILES string of the molecule is CNCS(=O)(=O)N1CCC1. The smallest absolute Gasteiger partial charge is 0.227 e. The molecule has 1 aliphatic rings. The molecule has 0 aliphatic carbocycles. The predicted molar refractivity (Wildman–Crippen MR) is 39.0 cm³/mol. The summed E-state index contributed by atoms with van der Waals surface area (Å²) in [6, 6.07) is 0. The maximum Gasteiger partial charge on any atom is 0.227 e. The van der Waals surface area contributed by atoms with Gasteiger partial charge in [-0.05, 0) is 13.5 Å². The minimum absolute atomic E-state index is 0.0625. The van der Waals surface area contributed by atoms with Gasteiger partial charge in [0, 0.05) is 13.1 Å². The van der Waals surface area contributed by atoms with E-state index in [1.54, 1.807) is 7.05 Å². The fourth-order valence-corrected chi connectivity index (χ4v) is 2.20. The molecule has 0 aromatic heterocycles. The molecule has 5 heteroatoms. The van der Waals surface area contributed by atoms with E-state index in [4.69, 9.17) is 0 Å². The van der Waals surface area contributed by atoms with Crippen LogP contribution in [0.4, 0.5) is 0 Å². The zero-order valence-corrected chi connectivity index (χ0v) is 6.82. The maximum absolute atomic E-state index is 11.1. The van der Waals surface area contributed by atoms with Gasteiger partial charge in [-0.2, -0.15) is 0 Å². The molecule has 4 nitrogen and oxygen atoms in total. The Labute approximate surface area is 61.3 Å². The average molecular weight is 164 g/mol. The Hall–Kier alpha value is -0.130. The summed E-state index contributed by atoms with van der Waals surface area (Å²) in [4.78, 5) is 0. The van der Waals surface area contributed by atoms with Crippen LogP contribution in [0.1, 0.15) is 6.42 Å². The van der Waals surface area contributed by atoms with Gasteiger partial charge in [-0.15, -0.1) is 0 Å². The van der Waals surface area contributed by atoms with E-state index in [1.807, 2.05) is 0 Å². The highest BCUT2D eigenvalue weighted by Crippen LogP contribution is 2.11. The predicted octanol–water partition coefficient (Wildman–Crippen LogP) is -0.801. The first kappa shape index (κ1) is 7.97. The molecule has 0 radical (unpaired) electrons. The van der Waals surface area contributed by atoms with Crippen molar-refractivity contribution in [2.75, 3.05) is 26.0 Å².